The van der Waals surface area contributed by atoms with Crippen molar-refractivity contribution in [1.29, 1.82) is 0 Å². The maximum Gasteiger partial charge on any atom is 0.263 e. The van der Waals surface area contributed by atoms with Crippen LogP contribution in [0.3, 0.4) is 0 Å². The summed E-state index contributed by atoms with van der Waals surface area (Å²) in [5.74, 6) is 0.370. The van der Waals surface area contributed by atoms with Gasteiger partial charge in [-0.25, -0.2) is 8.42 Å². The molecule has 188 valence electrons. The van der Waals surface area contributed by atoms with Crippen molar-refractivity contribution in [2.24, 2.45) is 0 Å². The molecule has 0 spiro atoms. The van der Waals surface area contributed by atoms with E-state index in [0.717, 1.165) is 12.1 Å². The molecule has 35 heavy (non-hydrogen) atoms. The highest BCUT2D eigenvalue weighted by Gasteiger charge is 2.28. The van der Waals surface area contributed by atoms with Crippen LogP contribution in [0.15, 0.2) is 65.6 Å². The minimum absolute atomic E-state index is 0.0958. The van der Waals surface area contributed by atoms with Crippen LogP contribution in [0, 0.1) is 0 Å². The summed E-state index contributed by atoms with van der Waals surface area (Å²) < 4.78 is 38.8. The standard InChI is InChI=1S/C26H33N3O5S/c1-22(26(30)28-18-20-33-21-19-28)34-24-9-11-25(12-10-24)35(31,32)29-16-14-27(15-17-29)13-5-8-23-6-3-2-4-7-23/h2-12,22H,13-21H2,1H3/b8-5+/t22-/m0/s1. The van der Waals surface area contributed by atoms with E-state index in [1.807, 2.05) is 18.2 Å². The molecule has 2 fully saturated rings. The van der Waals surface area contributed by atoms with E-state index in [-0.39, 0.29) is 10.8 Å². The Morgan fingerprint density at radius 3 is 2.29 bits per heavy atom. The molecule has 4 rings (SSSR count). The number of nitrogens with zero attached hydrogens (tertiary/aromatic N) is 3. The van der Waals surface area contributed by atoms with Crippen LogP contribution in [0.4, 0.5) is 0 Å². The second kappa shape index (κ2) is 11.8. The molecule has 0 bridgehead atoms. The number of rotatable bonds is 8. The van der Waals surface area contributed by atoms with Crippen LogP contribution in [0.5, 0.6) is 5.75 Å². The lowest BCUT2D eigenvalue weighted by molar-refractivity contribution is -0.142. The maximum atomic E-state index is 13.1. The highest BCUT2D eigenvalue weighted by molar-refractivity contribution is 7.89. The summed E-state index contributed by atoms with van der Waals surface area (Å²) in [6, 6.07) is 16.4. The molecule has 2 aromatic carbocycles. The molecule has 2 aliphatic heterocycles. The molecule has 2 saturated heterocycles. The number of amides is 1. The lowest BCUT2D eigenvalue weighted by Crippen LogP contribution is -2.48. The molecule has 1 amide bonds. The molecule has 0 saturated carbocycles. The van der Waals surface area contributed by atoms with Gasteiger partial charge in [-0.05, 0) is 36.8 Å². The van der Waals surface area contributed by atoms with Crippen LogP contribution < -0.4 is 4.74 Å². The van der Waals surface area contributed by atoms with E-state index in [2.05, 4.69) is 29.2 Å². The zero-order chi connectivity index (χ0) is 24.7. The number of sulfonamides is 1. The fourth-order valence-corrected chi connectivity index (χ4v) is 5.61. The van der Waals surface area contributed by atoms with Crippen molar-refractivity contribution < 1.29 is 22.7 Å². The average Bonchev–Trinajstić information content (AvgIpc) is 2.90. The fraction of sp³-hybridized carbons (Fsp3) is 0.423. The Labute approximate surface area is 207 Å². The zero-order valence-corrected chi connectivity index (χ0v) is 20.9. The van der Waals surface area contributed by atoms with Gasteiger partial charge in [0.25, 0.3) is 5.91 Å². The number of benzene rings is 2. The highest BCUT2D eigenvalue weighted by atomic mass is 32.2. The number of piperazine rings is 1. The van der Waals surface area contributed by atoms with Gasteiger partial charge in [0.1, 0.15) is 5.75 Å². The molecule has 0 unspecified atom stereocenters. The maximum absolute atomic E-state index is 13.1. The monoisotopic (exact) mass is 499 g/mol. The van der Waals surface area contributed by atoms with Crippen molar-refractivity contribution in [3.05, 3.63) is 66.2 Å². The van der Waals surface area contributed by atoms with Gasteiger partial charge in [-0.2, -0.15) is 4.31 Å². The van der Waals surface area contributed by atoms with Gasteiger partial charge in [0.15, 0.2) is 6.10 Å². The molecule has 0 aromatic heterocycles. The third-order valence-corrected chi connectivity index (χ3v) is 8.16. The normalized spacial score (nSPS) is 19.1. The smallest absolute Gasteiger partial charge is 0.263 e. The van der Waals surface area contributed by atoms with E-state index in [1.165, 1.54) is 4.31 Å². The Morgan fingerprint density at radius 1 is 0.971 bits per heavy atom. The van der Waals surface area contributed by atoms with Crippen molar-refractivity contribution in [2.45, 2.75) is 17.9 Å². The molecular weight excluding hydrogens is 466 g/mol. The minimum atomic E-state index is -3.58. The lowest BCUT2D eigenvalue weighted by Gasteiger charge is -2.33. The van der Waals surface area contributed by atoms with Gasteiger partial charge in [0, 0.05) is 45.8 Å². The third-order valence-electron chi connectivity index (χ3n) is 6.25. The van der Waals surface area contributed by atoms with Crippen molar-refractivity contribution in [1.82, 2.24) is 14.1 Å². The van der Waals surface area contributed by atoms with Gasteiger partial charge in [0.05, 0.1) is 18.1 Å². The van der Waals surface area contributed by atoms with Crippen LogP contribution >= 0.6 is 0 Å². The predicted octanol–water partition coefficient (Wildman–Crippen LogP) is 2.33. The average molecular weight is 500 g/mol. The largest absolute Gasteiger partial charge is 0.481 e. The highest BCUT2D eigenvalue weighted by Crippen LogP contribution is 2.22. The summed E-state index contributed by atoms with van der Waals surface area (Å²) in [6.07, 6.45) is 3.55. The number of carbonyl (C=O) groups is 1. The van der Waals surface area contributed by atoms with Gasteiger partial charge in [0.2, 0.25) is 10.0 Å². The van der Waals surface area contributed by atoms with Crippen molar-refractivity contribution >= 4 is 22.0 Å². The van der Waals surface area contributed by atoms with Crippen LogP contribution in [-0.4, -0.2) is 93.6 Å². The molecule has 2 aromatic rings. The van der Waals surface area contributed by atoms with E-state index in [1.54, 1.807) is 36.1 Å². The molecule has 0 radical (unpaired) electrons. The summed E-state index contributed by atoms with van der Waals surface area (Å²) in [4.78, 5) is 16.7. The second-order valence-electron chi connectivity index (χ2n) is 8.69. The summed E-state index contributed by atoms with van der Waals surface area (Å²) in [5, 5.41) is 0. The number of hydrogen-bond donors (Lipinski definition) is 0. The molecule has 2 heterocycles. The van der Waals surface area contributed by atoms with Crippen LogP contribution in [-0.2, 0) is 19.6 Å². The van der Waals surface area contributed by atoms with E-state index < -0.39 is 16.1 Å². The van der Waals surface area contributed by atoms with E-state index >= 15 is 0 Å². The first kappa shape index (κ1) is 25.4. The third kappa shape index (κ3) is 6.70. The molecule has 8 nitrogen and oxygen atoms in total. The first-order valence-corrected chi connectivity index (χ1v) is 13.4. The van der Waals surface area contributed by atoms with Gasteiger partial charge in [-0.3, -0.25) is 9.69 Å². The Bertz CT molecular complexity index is 1090. The first-order valence-electron chi connectivity index (χ1n) is 12.0. The first-order chi connectivity index (χ1) is 16.9. The van der Waals surface area contributed by atoms with E-state index in [4.69, 9.17) is 9.47 Å². The molecule has 0 aliphatic carbocycles. The quantitative estimate of drug-likeness (QED) is 0.555. The Morgan fingerprint density at radius 2 is 1.63 bits per heavy atom. The van der Waals surface area contributed by atoms with Crippen molar-refractivity contribution in [3.63, 3.8) is 0 Å². The Balaban J connectivity index is 1.28. The number of hydrogen-bond acceptors (Lipinski definition) is 6. The summed E-state index contributed by atoms with van der Waals surface area (Å²) in [7, 11) is -3.58. The van der Waals surface area contributed by atoms with Crippen LogP contribution in [0.1, 0.15) is 12.5 Å². The Hall–Kier alpha value is -2.72. The van der Waals surface area contributed by atoms with E-state index in [0.29, 0.717) is 58.2 Å². The predicted molar refractivity (Wildman–Crippen MR) is 135 cm³/mol. The summed E-state index contributed by atoms with van der Waals surface area (Å²) in [6.45, 7) is 6.93. The second-order valence-corrected chi connectivity index (χ2v) is 10.6. The van der Waals surface area contributed by atoms with Crippen molar-refractivity contribution in [3.8, 4) is 5.75 Å². The Kier molecular flexibility index (Phi) is 8.56. The summed E-state index contributed by atoms with van der Waals surface area (Å²) in [5.41, 5.74) is 1.15. The van der Waals surface area contributed by atoms with Crippen LogP contribution in [0.2, 0.25) is 0 Å². The fourth-order valence-electron chi connectivity index (χ4n) is 4.19. The minimum Gasteiger partial charge on any atom is -0.481 e. The topological polar surface area (TPSA) is 79.4 Å². The van der Waals surface area contributed by atoms with Gasteiger partial charge in [-0.1, -0.05) is 42.5 Å². The van der Waals surface area contributed by atoms with Gasteiger partial charge >= 0.3 is 0 Å². The zero-order valence-electron chi connectivity index (χ0n) is 20.1. The van der Waals surface area contributed by atoms with Gasteiger partial charge in [-0.15, -0.1) is 0 Å². The van der Waals surface area contributed by atoms with Crippen molar-refractivity contribution in [2.75, 3.05) is 59.0 Å². The number of ether oxygens (including phenoxy) is 2. The SMILES string of the molecule is C[C@H](Oc1ccc(S(=O)(=O)N2CCN(C/C=C/c3ccccc3)CC2)cc1)C(=O)N1CCOCC1. The molecule has 1 atom stereocenters. The summed E-state index contributed by atoms with van der Waals surface area (Å²) >= 11 is 0. The van der Waals surface area contributed by atoms with E-state index in [9.17, 15) is 13.2 Å². The number of carbonyl (C=O) groups excluding carboxylic acids is 1. The molecule has 9 heteroatoms. The van der Waals surface area contributed by atoms with Crippen LogP contribution in [0.25, 0.3) is 6.08 Å². The molecule has 2 aliphatic rings. The lowest BCUT2D eigenvalue weighted by atomic mass is 10.2. The molecular formula is C26H33N3O5S. The number of morpholine rings is 1. The molecule has 0 N–H and O–H groups in total. The van der Waals surface area contributed by atoms with Gasteiger partial charge < -0.3 is 14.4 Å².